The lowest BCUT2D eigenvalue weighted by molar-refractivity contribution is -0.134. The molecule has 1 saturated carbocycles. The van der Waals surface area contributed by atoms with Crippen LogP contribution in [-0.2, 0) is 11.8 Å². The van der Waals surface area contributed by atoms with Crippen molar-refractivity contribution in [3.63, 3.8) is 0 Å². The molecule has 3 rings (SSSR count). The van der Waals surface area contributed by atoms with Crippen LogP contribution in [0.1, 0.15) is 31.7 Å². The average molecular weight is 276 g/mol. The molecule has 0 bridgehead atoms. The summed E-state index contributed by atoms with van der Waals surface area (Å²) < 4.78 is 1.82. The fourth-order valence-electron chi connectivity index (χ4n) is 3.16. The third-order valence-corrected chi connectivity index (χ3v) is 4.62. The van der Waals surface area contributed by atoms with E-state index in [0.717, 1.165) is 32.6 Å². The van der Waals surface area contributed by atoms with E-state index >= 15 is 0 Å². The number of hydrogen-bond donors (Lipinski definition) is 0. The number of carbonyl (C=O) groups is 1. The van der Waals surface area contributed by atoms with Crippen molar-refractivity contribution in [3.05, 3.63) is 18.0 Å². The standard InChI is InChI=1S/C15H24N4O/c1-11(2)18-4-6-19(7-5-18)15(20)14-8-13(14)12-9-16-17(3)10-12/h9-11,13-14H,4-8H2,1-3H3/t13-,14+/m0/s1. The van der Waals surface area contributed by atoms with E-state index < -0.39 is 0 Å². The van der Waals surface area contributed by atoms with Gasteiger partial charge in [-0.3, -0.25) is 14.4 Å². The average Bonchev–Trinajstić information content (AvgIpc) is 3.13. The van der Waals surface area contributed by atoms with Gasteiger partial charge in [0.25, 0.3) is 0 Å². The number of carbonyl (C=O) groups excluding carboxylic acids is 1. The summed E-state index contributed by atoms with van der Waals surface area (Å²) in [6.45, 7) is 8.22. The van der Waals surface area contributed by atoms with Gasteiger partial charge in [0.1, 0.15) is 0 Å². The Morgan fingerprint density at radius 1 is 1.30 bits per heavy atom. The first-order chi connectivity index (χ1) is 9.56. The smallest absolute Gasteiger partial charge is 0.226 e. The molecule has 2 atom stereocenters. The highest BCUT2D eigenvalue weighted by molar-refractivity contribution is 5.83. The minimum absolute atomic E-state index is 0.199. The van der Waals surface area contributed by atoms with E-state index in [4.69, 9.17) is 0 Å². The Kier molecular flexibility index (Phi) is 3.54. The SMILES string of the molecule is CC(C)N1CCN(C(=O)[C@@H]2C[C@H]2c2cnn(C)c2)CC1. The maximum atomic E-state index is 12.5. The summed E-state index contributed by atoms with van der Waals surface area (Å²) in [5.74, 6) is 0.950. The van der Waals surface area contributed by atoms with E-state index in [2.05, 4.69) is 28.7 Å². The van der Waals surface area contributed by atoms with Crippen molar-refractivity contribution < 1.29 is 4.79 Å². The lowest BCUT2D eigenvalue weighted by atomic mass is 10.1. The van der Waals surface area contributed by atoms with Gasteiger partial charge in [0.05, 0.1) is 6.20 Å². The Morgan fingerprint density at radius 2 is 2.00 bits per heavy atom. The van der Waals surface area contributed by atoms with Gasteiger partial charge < -0.3 is 4.90 Å². The minimum Gasteiger partial charge on any atom is -0.340 e. The van der Waals surface area contributed by atoms with Crippen LogP contribution in [0.5, 0.6) is 0 Å². The predicted molar refractivity (Wildman–Crippen MR) is 77.3 cm³/mol. The molecule has 0 aromatic carbocycles. The molecule has 0 N–H and O–H groups in total. The number of amides is 1. The lowest BCUT2D eigenvalue weighted by Crippen LogP contribution is -2.51. The van der Waals surface area contributed by atoms with Gasteiger partial charge in [-0.2, -0.15) is 5.10 Å². The van der Waals surface area contributed by atoms with Crippen LogP contribution < -0.4 is 0 Å². The highest BCUT2D eigenvalue weighted by Crippen LogP contribution is 2.48. The predicted octanol–water partition coefficient (Wildman–Crippen LogP) is 1.08. The minimum atomic E-state index is 0.199. The molecule has 0 unspecified atom stereocenters. The van der Waals surface area contributed by atoms with Crippen LogP contribution in [0.15, 0.2) is 12.4 Å². The van der Waals surface area contributed by atoms with Gasteiger partial charge in [-0.05, 0) is 31.7 Å². The summed E-state index contributed by atoms with van der Waals surface area (Å²) in [5, 5.41) is 4.20. The number of aromatic nitrogens is 2. The van der Waals surface area contributed by atoms with Crippen molar-refractivity contribution in [1.29, 1.82) is 0 Å². The molecule has 5 heteroatoms. The Bertz CT molecular complexity index is 488. The van der Waals surface area contributed by atoms with E-state index in [9.17, 15) is 4.79 Å². The van der Waals surface area contributed by atoms with E-state index in [1.54, 1.807) is 0 Å². The lowest BCUT2D eigenvalue weighted by Gasteiger charge is -2.37. The highest BCUT2D eigenvalue weighted by Gasteiger charge is 2.46. The Labute approximate surface area is 120 Å². The molecule has 0 radical (unpaired) electrons. The van der Waals surface area contributed by atoms with Crippen LogP contribution in [-0.4, -0.2) is 57.7 Å². The second kappa shape index (κ2) is 5.20. The molecule has 1 aliphatic carbocycles. The fourth-order valence-corrected chi connectivity index (χ4v) is 3.16. The molecule has 110 valence electrons. The van der Waals surface area contributed by atoms with Crippen molar-refractivity contribution >= 4 is 5.91 Å². The summed E-state index contributed by atoms with van der Waals surface area (Å²) in [4.78, 5) is 17.0. The third kappa shape index (κ3) is 2.59. The third-order valence-electron chi connectivity index (χ3n) is 4.62. The monoisotopic (exact) mass is 276 g/mol. The molecule has 2 aliphatic rings. The first kappa shape index (κ1) is 13.6. The Balaban J connectivity index is 1.54. The molecule has 1 aromatic heterocycles. The molecular formula is C15H24N4O. The van der Waals surface area contributed by atoms with Crippen LogP contribution >= 0.6 is 0 Å². The molecule has 2 fully saturated rings. The number of hydrogen-bond acceptors (Lipinski definition) is 3. The first-order valence-corrected chi connectivity index (χ1v) is 7.57. The molecule has 5 nitrogen and oxygen atoms in total. The van der Waals surface area contributed by atoms with Crippen LogP contribution in [0.25, 0.3) is 0 Å². The van der Waals surface area contributed by atoms with Crippen molar-refractivity contribution in [2.75, 3.05) is 26.2 Å². The van der Waals surface area contributed by atoms with Crippen molar-refractivity contribution in [2.24, 2.45) is 13.0 Å². The van der Waals surface area contributed by atoms with Gasteiger partial charge in [0.15, 0.2) is 0 Å². The molecule has 1 saturated heterocycles. The van der Waals surface area contributed by atoms with Crippen molar-refractivity contribution in [2.45, 2.75) is 32.2 Å². The van der Waals surface area contributed by atoms with E-state index in [-0.39, 0.29) is 5.92 Å². The number of rotatable bonds is 3. The van der Waals surface area contributed by atoms with Gasteiger partial charge >= 0.3 is 0 Å². The summed E-state index contributed by atoms with van der Waals surface area (Å²) in [6, 6.07) is 0.580. The number of piperazine rings is 1. The summed E-state index contributed by atoms with van der Waals surface area (Å²) in [5.41, 5.74) is 1.21. The molecule has 20 heavy (non-hydrogen) atoms. The van der Waals surface area contributed by atoms with Crippen molar-refractivity contribution in [3.8, 4) is 0 Å². The molecule has 2 heterocycles. The topological polar surface area (TPSA) is 41.4 Å². The second-order valence-electron chi connectivity index (χ2n) is 6.35. The highest BCUT2D eigenvalue weighted by atomic mass is 16.2. The number of aryl methyl sites for hydroxylation is 1. The Hall–Kier alpha value is -1.36. The zero-order chi connectivity index (χ0) is 14.3. The van der Waals surface area contributed by atoms with Crippen molar-refractivity contribution in [1.82, 2.24) is 19.6 Å². The maximum absolute atomic E-state index is 12.5. The molecule has 1 aromatic rings. The van der Waals surface area contributed by atoms with Crippen LogP contribution in [0.2, 0.25) is 0 Å². The second-order valence-corrected chi connectivity index (χ2v) is 6.35. The van der Waals surface area contributed by atoms with Crippen LogP contribution in [0.4, 0.5) is 0 Å². The summed E-state index contributed by atoms with van der Waals surface area (Å²) in [6.07, 6.45) is 4.93. The van der Waals surface area contributed by atoms with Crippen LogP contribution in [0.3, 0.4) is 0 Å². The summed E-state index contributed by atoms with van der Waals surface area (Å²) in [7, 11) is 1.92. The zero-order valence-electron chi connectivity index (χ0n) is 12.6. The summed E-state index contributed by atoms with van der Waals surface area (Å²) >= 11 is 0. The van der Waals surface area contributed by atoms with Gasteiger partial charge in [-0.25, -0.2) is 0 Å². The van der Waals surface area contributed by atoms with Gasteiger partial charge in [-0.15, -0.1) is 0 Å². The molecular weight excluding hydrogens is 252 g/mol. The Morgan fingerprint density at radius 3 is 2.55 bits per heavy atom. The largest absolute Gasteiger partial charge is 0.340 e. The van der Waals surface area contributed by atoms with E-state index in [0.29, 0.717) is 17.9 Å². The quantitative estimate of drug-likeness (QED) is 0.829. The van der Waals surface area contributed by atoms with E-state index in [1.165, 1.54) is 5.56 Å². The molecule has 1 amide bonds. The first-order valence-electron chi connectivity index (χ1n) is 7.57. The van der Waals surface area contributed by atoms with Gasteiger partial charge in [0.2, 0.25) is 5.91 Å². The number of nitrogens with zero attached hydrogens (tertiary/aromatic N) is 4. The fraction of sp³-hybridized carbons (Fsp3) is 0.733. The maximum Gasteiger partial charge on any atom is 0.226 e. The van der Waals surface area contributed by atoms with Gasteiger partial charge in [-0.1, -0.05) is 0 Å². The van der Waals surface area contributed by atoms with Gasteiger partial charge in [0, 0.05) is 51.4 Å². The molecule has 1 aliphatic heterocycles. The van der Waals surface area contributed by atoms with Crippen LogP contribution in [0, 0.1) is 5.92 Å². The molecule has 0 spiro atoms. The van der Waals surface area contributed by atoms with E-state index in [1.807, 2.05) is 24.1 Å². The normalized spacial score (nSPS) is 27.1. The zero-order valence-corrected chi connectivity index (χ0v) is 12.6.